The van der Waals surface area contributed by atoms with Gasteiger partial charge in [0.25, 0.3) is 0 Å². The van der Waals surface area contributed by atoms with Crippen molar-refractivity contribution in [1.82, 2.24) is 14.7 Å². The van der Waals surface area contributed by atoms with Gasteiger partial charge < -0.3 is 10.8 Å². The molecule has 2 saturated heterocycles. The molecule has 37 heavy (non-hydrogen) atoms. The number of halogens is 2. The van der Waals surface area contributed by atoms with E-state index in [1.54, 1.807) is 36.9 Å². The molecular weight excluding hydrogens is 470 g/mol. The number of fused-ring (bicyclic) bond motifs is 3. The summed E-state index contributed by atoms with van der Waals surface area (Å²) in [5.41, 5.74) is 9.72. The van der Waals surface area contributed by atoms with Gasteiger partial charge in [0.05, 0.1) is 23.9 Å². The van der Waals surface area contributed by atoms with Crippen LogP contribution < -0.4 is 5.73 Å². The molecule has 6 rings (SSSR count). The highest BCUT2D eigenvalue weighted by molar-refractivity contribution is 5.90. The predicted octanol–water partition coefficient (Wildman–Crippen LogP) is 5.48. The van der Waals surface area contributed by atoms with Crippen molar-refractivity contribution in [2.45, 2.75) is 69.9 Å². The molecule has 1 aromatic heterocycles. The van der Waals surface area contributed by atoms with E-state index in [1.165, 1.54) is 24.6 Å². The summed E-state index contributed by atoms with van der Waals surface area (Å²) >= 11 is 0. The summed E-state index contributed by atoms with van der Waals surface area (Å²) in [4.78, 5) is 2.50. The van der Waals surface area contributed by atoms with Crippen LogP contribution in [-0.4, -0.2) is 43.5 Å². The Morgan fingerprint density at radius 3 is 2.57 bits per heavy atom. The van der Waals surface area contributed by atoms with Gasteiger partial charge in [0.2, 0.25) is 0 Å². The first-order valence-corrected chi connectivity index (χ1v) is 12.9. The van der Waals surface area contributed by atoms with E-state index in [0.29, 0.717) is 34.3 Å². The van der Waals surface area contributed by atoms with Crippen molar-refractivity contribution in [2.75, 3.05) is 0 Å². The molecule has 2 aliphatic heterocycles. The number of aromatic nitrogens is 2. The largest absolute Gasteiger partial charge is 0.389 e. The minimum absolute atomic E-state index is 0.221. The first-order chi connectivity index (χ1) is 17.7. The molecule has 2 fully saturated rings. The zero-order chi connectivity index (χ0) is 25.9. The second kappa shape index (κ2) is 9.01. The van der Waals surface area contributed by atoms with Gasteiger partial charge in [0.1, 0.15) is 11.6 Å². The molecule has 0 aliphatic carbocycles. The zero-order valence-corrected chi connectivity index (χ0v) is 21.2. The number of hydrogen-bond donors (Lipinski definition) is 2. The van der Waals surface area contributed by atoms with Gasteiger partial charge in [-0.05, 0) is 79.6 Å². The van der Waals surface area contributed by atoms with E-state index in [1.807, 2.05) is 18.2 Å². The van der Waals surface area contributed by atoms with E-state index in [2.05, 4.69) is 16.1 Å². The molecule has 3 atom stereocenters. The SMILES string of the molecule is CC(C)(O)Cn1ncc2cc(-c3ccc(CN4[C@@H]5CC[C@H]4[C@@H](N)C5)cc3-c3cccc(F)c3)c(F)cc21. The molecule has 4 aromatic rings. The van der Waals surface area contributed by atoms with Crippen LogP contribution in [0, 0.1) is 11.6 Å². The molecule has 0 radical (unpaired) electrons. The van der Waals surface area contributed by atoms with Crippen LogP contribution in [-0.2, 0) is 13.1 Å². The Hall–Kier alpha value is -3.13. The van der Waals surface area contributed by atoms with Crippen molar-refractivity contribution in [1.29, 1.82) is 0 Å². The number of hydrogen-bond acceptors (Lipinski definition) is 4. The lowest BCUT2D eigenvalue weighted by Crippen LogP contribution is -2.36. The third kappa shape index (κ3) is 4.56. The Balaban J connectivity index is 1.43. The van der Waals surface area contributed by atoms with Crippen LogP contribution in [0.1, 0.15) is 38.7 Å². The molecule has 3 heterocycles. The van der Waals surface area contributed by atoms with Crippen LogP contribution in [0.2, 0.25) is 0 Å². The minimum Gasteiger partial charge on any atom is -0.389 e. The van der Waals surface area contributed by atoms with Gasteiger partial charge >= 0.3 is 0 Å². The first-order valence-electron chi connectivity index (χ1n) is 12.9. The number of benzene rings is 3. The van der Waals surface area contributed by atoms with Crippen molar-refractivity contribution in [3.8, 4) is 22.3 Å². The molecule has 7 heteroatoms. The molecule has 3 N–H and O–H groups in total. The fraction of sp³-hybridized carbons (Fsp3) is 0.367. The van der Waals surface area contributed by atoms with Crippen LogP contribution in [0.3, 0.4) is 0 Å². The van der Waals surface area contributed by atoms with Gasteiger partial charge in [-0.15, -0.1) is 0 Å². The highest BCUT2D eigenvalue weighted by atomic mass is 19.1. The molecule has 3 aromatic carbocycles. The summed E-state index contributed by atoms with van der Waals surface area (Å²) in [5.74, 6) is -0.722. The standard InChI is InChI=1S/C30H32F2N4O/c1-30(2,37)17-36-29-14-26(32)25(12-20(29)15-34-36)23-8-6-18(10-24(23)19-4-3-5-21(31)11-19)16-35-22-7-9-28(35)27(33)13-22/h3-6,8,10-12,14-15,22,27-28,37H,7,9,13,16-17,33H2,1-2H3/t22-,27+,28+/m1/s1. The molecule has 192 valence electrons. The van der Waals surface area contributed by atoms with Crippen molar-refractivity contribution in [3.05, 3.63) is 78.0 Å². The van der Waals surface area contributed by atoms with E-state index in [0.717, 1.165) is 35.9 Å². The maximum Gasteiger partial charge on any atom is 0.133 e. The van der Waals surface area contributed by atoms with Crippen molar-refractivity contribution < 1.29 is 13.9 Å². The molecule has 2 bridgehead atoms. The number of nitrogens with two attached hydrogens (primary N) is 1. The van der Waals surface area contributed by atoms with Crippen molar-refractivity contribution >= 4 is 10.9 Å². The Kier molecular flexibility index (Phi) is 5.90. The molecule has 2 aliphatic rings. The zero-order valence-electron chi connectivity index (χ0n) is 21.2. The summed E-state index contributed by atoms with van der Waals surface area (Å²) in [6, 6.07) is 16.9. The fourth-order valence-corrected chi connectivity index (χ4v) is 6.23. The van der Waals surface area contributed by atoms with Gasteiger partial charge in [-0.1, -0.05) is 24.3 Å². The fourth-order valence-electron chi connectivity index (χ4n) is 6.23. The highest BCUT2D eigenvalue weighted by Gasteiger charge is 2.44. The van der Waals surface area contributed by atoms with E-state index in [4.69, 9.17) is 5.73 Å². The summed E-state index contributed by atoms with van der Waals surface area (Å²) in [6.45, 7) is 4.41. The maximum atomic E-state index is 15.7. The van der Waals surface area contributed by atoms with Gasteiger partial charge in [-0.3, -0.25) is 9.58 Å². The predicted molar refractivity (Wildman–Crippen MR) is 142 cm³/mol. The van der Waals surface area contributed by atoms with Crippen LogP contribution in [0.25, 0.3) is 33.2 Å². The van der Waals surface area contributed by atoms with Gasteiger partial charge in [-0.2, -0.15) is 5.10 Å². The lowest BCUT2D eigenvalue weighted by atomic mass is 9.91. The van der Waals surface area contributed by atoms with Crippen molar-refractivity contribution in [2.24, 2.45) is 5.73 Å². The van der Waals surface area contributed by atoms with E-state index in [9.17, 15) is 9.50 Å². The Morgan fingerprint density at radius 2 is 1.86 bits per heavy atom. The average Bonchev–Trinajstić information content (AvgIpc) is 3.50. The average molecular weight is 503 g/mol. The van der Waals surface area contributed by atoms with Crippen LogP contribution >= 0.6 is 0 Å². The van der Waals surface area contributed by atoms with Crippen LogP contribution in [0.5, 0.6) is 0 Å². The Bertz CT molecular complexity index is 1470. The summed E-state index contributed by atoms with van der Waals surface area (Å²) in [7, 11) is 0. The molecular formula is C30H32F2N4O. The topological polar surface area (TPSA) is 67.3 Å². The summed E-state index contributed by atoms with van der Waals surface area (Å²) in [6.07, 6.45) is 5.03. The van der Waals surface area contributed by atoms with Crippen LogP contribution in [0.4, 0.5) is 8.78 Å². The number of aliphatic hydroxyl groups is 1. The number of nitrogens with zero attached hydrogens (tertiary/aromatic N) is 3. The van der Waals surface area contributed by atoms with E-state index < -0.39 is 5.60 Å². The second-order valence-electron chi connectivity index (χ2n) is 11.3. The third-order valence-electron chi connectivity index (χ3n) is 7.87. The monoisotopic (exact) mass is 502 g/mol. The first kappa shape index (κ1) is 24.2. The molecule has 0 spiro atoms. The molecule has 5 nitrogen and oxygen atoms in total. The molecule has 0 amide bonds. The molecule has 0 unspecified atom stereocenters. The van der Waals surface area contributed by atoms with Gasteiger partial charge in [0.15, 0.2) is 0 Å². The quantitative estimate of drug-likeness (QED) is 0.366. The highest BCUT2D eigenvalue weighted by Crippen LogP contribution is 2.40. The normalized spacial score (nSPS) is 21.8. The summed E-state index contributed by atoms with van der Waals surface area (Å²) in [5, 5.41) is 15.4. The van der Waals surface area contributed by atoms with E-state index >= 15 is 4.39 Å². The summed E-state index contributed by atoms with van der Waals surface area (Å²) < 4.78 is 31.5. The minimum atomic E-state index is -0.979. The lowest BCUT2D eigenvalue weighted by Gasteiger charge is -2.23. The van der Waals surface area contributed by atoms with Gasteiger partial charge in [0, 0.05) is 41.7 Å². The second-order valence-corrected chi connectivity index (χ2v) is 11.3. The van der Waals surface area contributed by atoms with Gasteiger partial charge in [-0.25, -0.2) is 8.78 Å². The maximum absolute atomic E-state index is 15.7. The third-order valence-corrected chi connectivity index (χ3v) is 7.87. The van der Waals surface area contributed by atoms with Crippen molar-refractivity contribution in [3.63, 3.8) is 0 Å². The molecule has 0 saturated carbocycles. The number of rotatable bonds is 6. The smallest absolute Gasteiger partial charge is 0.133 e. The Labute approximate surface area is 215 Å². The van der Waals surface area contributed by atoms with Crippen LogP contribution in [0.15, 0.2) is 60.8 Å². The Morgan fingerprint density at radius 1 is 1.03 bits per heavy atom. The van der Waals surface area contributed by atoms with E-state index in [-0.39, 0.29) is 24.2 Å². The lowest BCUT2D eigenvalue weighted by molar-refractivity contribution is 0.0591.